The fourth-order valence-corrected chi connectivity index (χ4v) is 3.70. The van der Waals surface area contributed by atoms with Crippen LogP contribution in [0.4, 0.5) is 0 Å². The molecule has 1 saturated heterocycles. The summed E-state index contributed by atoms with van der Waals surface area (Å²) < 4.78 is 7.09. The molecule has 2 N–H and O–H groups in total. The van der Waals surface area contributed by atoms with Crippen LogP contribution in [0, 0.1) is 5.92 Å². The molecule has 0 radical (unpaired) electrons. The molecule has 1 fully saturated rings. The van der Waals surface area contributed by atoms with E-state index in [0.29, 0.717) is 18.2 Å². The van der Waals surface area contributed by atoms with E-state index in [1.165, 1.54) is 17.6 Å². The van der Waals surface area contributed by atoms with Crippen molar-refractivity contribution in [3.05, 3.63) is 41.2 Å². The maximum atomic E-state index is 12.4. The molecule has 9 heteroatoms. The van der Waals surface area contributed by atoms with E-state index in [0.717, 1.165) is 44.8 Å². The van der Waals surface area contributed by atoms with Gasteiger partial charge < -0.3 is 15.2 Å². The van der Waals surface area contributed by atoms with E-state index in [1.807, 2.05) is 17.9 Å². The SMILES string of the molecule is Cn1ncc2c1CCN(C[C@@H](O)CNC(=O)c1cc(CC3COC3)ncn1)C2. The summed E-state index contributed by atoms with van der Waals surface area (Å²) in [7, 11) is 1.96. The first-order valence-electron chi connectivity index (χ1n) is 9.65. The number of aromatic nitrogens is 4. The highest BCUT2D eigenvalue weighted by atomic mass is 16.5. The summed E-state index contributed by atoms with van der Waals surface area (Å²) in [5.41, 5.74) is 3.63. The standard InChI is InChI=1S/C19H26N6O3/c1-24-18-2-3-25(8-14(18)6-23-24)9-16(26)7-20-19(27)17-5-15(21-12-22-17)4-13-10-28-11-13/h5-6,12-13,16,26H,2-4,7-11H2,1H3,(H,20,27)/t16-/m0/s1. The van der Waals surface area contributed by atoms with E-state index in [1.54, 1.807) is 6.07 Å². The topological polar surface area (TPSA) is 105 Å². The number of ether oxygens (including phenoxy) is 1. The number of nitrogens with one attached hydrogen (secondary N) is 1. The minimum Gasteiger partial charge on any atom is -0.390 e. The number of β-amino-alcohol motifs (C(OH)–C–C–N with tert-alkyl or cyclic N) is 1. The second kappa shape index (κ2) is 8.34. The van der Waals surface area contributed by atoms with E-state index >= 15 is 0 Å². The second-order valence-electron chi connectivity index (χ2n) is 7.59. The lowest BCUT2D eigenvalue weighted by Gasteiger charge is -2.28. The van der Waals surface area contributed by atoms with E-state index < -0.39 is 6.10 Å². The van der Waals surface area contributed by atoms with Crippen LogP contribution in [0.2, 0.25) is 0 Å². The highest BCUT2D eigenvalue weighted by molar-refractivity contribution is 5.92. The maximum absolute atomic E-state index is 12.4. The summed E-state index contributed by atoms with van der Waals surface area (Å²) in [6, 6.07) is 1.72. The Labute approximate surface area is 163 Å². The molecule has 150 valence electrons. The number of carbonyl (C=O) groups is 1. The zero-order valence-electron chi connectivity index (χ0n) is 16.0. The monoisotopic (exact) mass is 386 g/mol. The Morgan fingerprint density at radius 2 is 2.29 bits per heavy atom. The van der Waals surface area contributed by atoms with Gasteiger partial charge in [0.15, 0.2) is 0 Å². The Kier molecular flexibility index (Phi) is 5.65. The molecule has 4 rings (SSSR count). The molecule has 0 spiro atoms. The molecule has 0 saturated carbocycles. The fourth-order valence-electron chi connectivity index (χ4n) is 3.70. The van der Waals surface area contributed by atoms with E-state index in [-0.39, 0.29) is 12.5 Å². The highest BCUT2D eigenvalue weighted by Gasteiger charge is 2.22. The van der Waals surface area contributed by atoms with Crippen LogP contribution in [-0.4, -0.2) is 74.6 Å². The number of aryl methyl sites for hydroxylation is 1. The van der Waals surface area contributed by atoms with Gasteiger partial charge in [0.2, 0.25) is 0 Å². The van der Waals surface area contributed by atoms with Crippen LogP contribution >= 0.6 is 0 Å². The minimum absolute atomic E-state index is 0.186. The Hall–Kier alpha value is -2.36. The summed E-state index contributed by atoms with van der Waals surface area (Å²) in [4.78, 5) is 22.8. The van der Waals surface area contributed by atoms with E-state index in [9.17, 15) is 9.90 Å². The molecular weight excluding hydrogens is 360 g/mol. The number of rotatable bonds is 7. The molecule has 0 bridgehead atoms. The third-order valence-electron chi connectivity index (χ3n) is 5.34. The number of nitrogens with zero attached hydrogens (tertiary/aromatic N) is 5. The summed E-state index contributed by atoms with van der Waals surface area (Å²) in [6.07, 6.45) is 4.37. The van der Waals surface area contributed by atoms with Gasteiger partial charge in [-0.05, 0) is 12.5 Å². The van der Waals surface area contributed by atoms with Crippen molar-refractivity contribution in [1.29, 1.82) is 0 Å². The summed E-state index contributed by atoms with van der Waals surface area (Å²) in [5, 5.41) is 17.4. The lowest BCUT2D eigenvalue weighted by molar-refractivity contribution is -0.0316. The normalized spacial score (nSPS) is 18.4. The zero-order valence-corrected chi connectivity index (χ0v) is 16.0. The van der Waals surface area contributed by atoms with Gasteiger partial charge >= 0.3 is 0 Å². The molecule has 4 heterocycles. The van der Waals surface area contributed by atoms with Crippen LogP contribution in [0.1, 0.15) is 27.4 Å². The Balaban J connectivity index is 1.25. The van der Waals surface area contributed by atoms with Gasteiger partial charge in [0.1, 0.15) is 12.0 Å². The van der Waals surface area contributed by atoms with Gasteiger partial charge in [-0.15, -0.1) is 0 Å². The van der Waals surface area contributed by atoms with Gasteiger partial charge in [0.05, 0.1) is 25.5 Å². The van der Waals surface area contributed by atoms with Gasteiger partial charge in [-0.1, -0.05) is 0 Å². The average molecular weight is 386 g/mol. The van der Waals surface area contributed by atoms with Gasteiger partial charge in [0.25, 0.3) is 5.91 Å². The molecule has 0 unspecified atom stereocenters. The molecule has 2 aliphatic heterocycles. The molecule has 0 aliphatic carbocycles. The Bertz CT molecular complexity index is 835. The van der Waals surface area contributed by atoms with Crippen molar-refractivity contribution in [2.45, 2.75) is 25.5 Å². The lowest BCUT2D eigenvalue weighted by atomic mass is 10.0. The molecule has 2 aliphatic rings. The Morgan fingerprint density at radius 3 is 3.07 bits per heavy atom. The first-order valence-corrected chi connectivity index (χ1v) is 9.65. The molecular formula is C19H26N6O3. The first-order chi connectivity index (χ1) is 13.6. The number of fused-ring (bicyclic) bond motifs is 1. The van der Waals surface area contributed by atoms with Crippen LogP contribution in [0.15, 0.2) is 18.6 Å². The largest absolute Gasteiger partial charge is 0.390 e. The summed E-state index contributed by atoms with van der Waals surface area (Å²) >= 11 is 0. The molecule has 0 aromatic carbocycles. The van der Waals surface area contributed by atoms with Crippen molar-refractivity contribution < 1.29 is 14.6 Å². The quantitative estimate of drug-likeness (QED) is 0.664. The van der Waals surface area contributed by atoms with E-state index in [4.69, 9.17) is 4.74 Å². The van der Waals surface area contributed by atoms with Crippen LogP contribution in [0.3, 0.4) is 0 Å². The van der Waals surface area contributed by atoms with Crippen molar-refractivity contribution in [3.8, 4) is 0 Å². The van der Waals surface area contributed by atoms with Crippen molar-refractivity contribution in [3.63, 3.8) is 0 Å². The number of hydrogen-bond donors (Lipinski definition) is 2. The van der Waals surface area contributed by atoms with Gasteiger partial charge in [-0.2, -0.15) is 5.10 Å². The Morgan fingerprint density at radius 1 is 1.43 bits per heavy atom. The predicted octanol–water partition coefficient (Wildman–Crippen LogP) is -0.452. The third kappa shape index (κ3) is 4.37. The predicted molar refractivity (Wildman–Crippen MR) is 101 cm³/mol. The first kappa shape index (κ1) is 19.0. The van der Waals surface area contributed by atoms with Gasteiger partial charge in [-0.3, -0.25) is 14.4 Å². The van der Waals surface area contributed by atoms with Crippen LogP contribution < -0.4 is 5.32 Å². The lowest BCUT2D eigenvalue weighted by Crippen LogP contribution is -2.42. The fraction of sp³-hybridized carbons (Fsp3) is 0.579. The summed E-state index contributed by atoms with van der Waals surface area (Å²) in [6.45, 7) is 3.83. The van der Waals surface area contributed by atoms with Crippen molar-refractivity contribution >= 4 is 5.91 Å². The molecule has 9 nitrogen and oxygen atoms in total. The van der Waals surface area contributed by atoms with Crippen molar-refractivity contribution in [1.82, 2.24) is 30.0 Å². The van der Waals surface area contributed by atoms with E-state index in [2.05, 4.69) is 25.3 Å². The van der Waals surface area contributed by atoms with Crippen LogP contribution in [0.5, 0.6) is 0 Å². The van der Waals surface area contributed by atoms with Crippen LogP contribution in [-0.2, 0) is 31.2 Å². The van der Waals surface area contributed by atoms with Crippen LogP contribution in [0.25, 0.3) is 0 Å². The van der Waals surface area contributed by atoms with Gasteiger partial charge in [0, 0.05) is 62.5 Å². The minimum atomic E-state index is -0.643. The number of aliphatic hydroxyl groups is 1. The molecule has 1 amide bonds. The van der Waals surface area contributed by atoms with Crippen molar-refractivity contribution in [2.75, 3.05) is 32.8 Å². The van der Waals surface area contributed by atoms with Crippen molar-refractivity contribution in [2.24, 2.45) is 13.0 Å². The molecule has 1 atom stereocenters. The maximum Gasteiger partial charge on any atom is 0.270 e. The van der Waals surface area contributed by atoms with Gasteiger partial charge in [-0.25, -0.2) is 9.97 Å². The number of amides is 1. The summed E-state index contributed by atoms with van der Waals surface area (Å²) in [5.74, 6) is 0.179. The zero-order chi connectivity index (χ0) is 19.5. The highest BCUT2D eigenvalue weighted by Crippen LogP contribution is 2.18. The number of aliphatic hydroxyl groups excluding tert-OH is 1. The second-order valence-corrected chi connectivity index (χ2v) is 7.59. The number of carbonyl (C=O) groups excluding carboxylic acids is 1. The molecule has 2 aromatic rings. The smallest absolute Gasteiger partial charge is 0.270 e. The average Bonchev–Trinajstić information content (AvgIpc) is 3.03. The third-order valence-corrected chi connectivity index (χ3v) is 5.34. The number of hydrogen-bond acceptors (Lipinski definition) is 7. The molecule has 2 aromatic heterocycles. The molecule has 28 heavy (non-hydrogen) atoms.